The first kappa shape index (κ1) is 15.6. The topological polar surface area (TPSA) is 59.8 Å². The van der Waals surface area contributed by atoms with E-state index in [1.54, 1.807) is 4.68 Å². The van der Waals surface area contributed by atoms with Crippen LogP contribution in [0.15, 0.2) is 6.20 Å². The molecule has 0 fully saturated rings. The molecule has 0 radical (unpaired) electrons. The maximum Gasteiger partial charge on any atom is 0.220 e. The molecule has 1 N–H and O–H groups in total. The zero-order valence-electron chi connectivity index (χ0n) is 11.7. The Hall–Kier alpha value is -1.46. The van der Waals surface area contributed by atoms with Gasteiger partial charge in [-0.15, -0.1) is 5.10 Å². The molecule has 1 heterocycles. The van der Waals surface area contributed by atoms with Crippen LogP contribution in [-0.2, 0) is 17.8 Å². The highest BCUT2D eigenvalue weighted by Crippen LogP contribution is 2.02. The molecule has 0 aliphatic heterocycles. The van der Waals surface area contributed by atoms with E-state index in [1.165, 1.54) is 0 Å². The summed E-state index contributed by atoms with van der Waals surface area (Å²) < 4.78 is 13.8. The predicted molar refractivity (Wildman–Crippen MR) is 71.4 cm³/mol. The molecule has 0 aromatic carbocycles. The summed E-state index contributed by atoms with van der Waals surface area (Å²) in [5.74, 6) is 0.0947. The number of unbranched alkanes of at least 4 members (excludes halogenated alkanes) is 1. The van der Waals surface area contributed by atoms with Crippen molar-refractivity contribution in [1.82, 2.24) is 20.3 Å². The Labute approximate surface area is 113 Å². The van der Waals surface area contributed by atoms with Gasteiger partial charge in [0.2, 0.25) is 5.91 Å². The minimum absolute atomic E-state index is 0.0947. The van der Waals surface area contributed by atoms with Gasteiger partial charge in [-0.05, 0) is 39.5 Å². The van der Waals surface area contributed by atoms with Crippen molar-refractivity contribution in [3.8, 4) is 0 Å². The molecule has 0 atom stereocenters. The second kappa shape index (κ2) is 8.61. The van der Waals surface area contributed by atoms with Crippen LogP contribution in [0.25, 0.3) is 0 Å². The molecule has 0 bridgehead atoms. The van der Waals surface area contributed by atoms with Gasteiger partial charge >= 0.3 is 0 Å². The highest BCUT2D eigenvalue weighted by atomic mass is 18.2. The van der Waals surface area contributed by atoms with Crippen LogP contribution in [0, 0.1) is 0 Å². The first-order chi connectivity index (χ1) is 9.11. The largest absolute Gasteiger partial charge is 0.354 e. The Balaban J connectivity index is 2.15. The van der Waals surface area contributed by atoms with Crippen LogP contribution in [0.1, 0.15) is 45.2 Å². The van der Waals surface area contributed by atoms with E-state index in [2.05, 4.69) is 15.6 Å². The SMILES string of the molecule is CC(C)NC(=O)CCCCn1cc(CCC[18F])nn1. The number of aromatic nitrogens is 3. The average Bonchev–Trinajstić information content (AvgIpc) is 2.79. The lowest BCUT2D eigenvalue weighted by molar-refractivity contribution is -0.121. The summed E-state index contributed by atoms with van der Waals surface area (Å²) in [4.78, 5) is 11.4. The van der Waals surface area contributed by atoms with Crippen molar-refractivity contribution in [2.75, 3.05) is 6.67 Å². The van der Waals surface area contributed by atoms with Gasteiger partial charge in [-0.25, -0.2) is 0 Å². The Morgan fingerprint density at radius 2 is 2.21 bits per heavy atom. The van der Waals surface area contributed by atoms with E-state index in [0.29, 0.717) is 19.3 Å². The maximum atomic E-state index is 12.0. The van der Waals surface area contributed by atoms with E-state index in [4.69, 9.17) is 0 Å². The zero-order valence-corrected chi connectivity index (χ0v) is 11.7. The van der Waals surface area contributed by atoms with Crippen molar-refractivity contribution in [1.29, 1.82) is 0 Å². The molecule has 0 aliphatic rings. The summed E-state index contributed by atoms with van der Waals surface area (Å²) in [6.07, 6.45) is 5.24. The first-order valence-electron chi connectivity index (χ1n) is 6.86. The summed E-state index contributed by atoms with van der Waals surface area (Å²) >= 11 is 0. The Kier molecular flexibility index (Phi) is 7.07. The van der Waals surface area contributed by atoms with Gasteiger partial charge in [0.25, 0.3) is 0 Å². The molecule has 5 nitrogen and oxygen atoms in total. The molecule has 1 amide bonds. The number of nitrogens with one attached hydrogen (secondary N) is 1. The molecule has 108 valence electrons. The molecule has 1 aromatic heterocycles. The number of amides is 1. The number of halogens is 1. The highest BCUT2D eigenvalue weighted by Gasteiger charge is 2.04. The Bertz CT molecular complexity index is 378. The number of rotatable bonds is 9. The smallest absolute Gasteiger partial charge is 0.220 e. The third-order valence-corrected chi connectivity index (χ3v) is 2.64. The van der Waals surface area contributed by atoms with Crippen LogP contribution in [0.5, 0.6) is 0 Å². The average molecular weight is 269 g/mol. The lowest BCUT2D eigenvalue weighted by atomic mass is 10.2. The lowest BCUT2D eigenvalue weighted by Gasteiger charge is -2.07. The number of nitrogens with zero attached hydrogens (tertiary/aromatic N) is 3. The molecule has 1 rings (SSSR count). The van der Waals surface area contributed by atoms with E-state index in [0.717, 1.165) is 25.1 Å². The molecule has 0 saturated heterocycles. The summed E-state index contributed by atoms with van der Waals surface area (Å²) in [7, 11) is 0. The van der Waals surface area contributed by atoms with Crippen LogP contribution in [0.2, 0.25) is 0 Å². The van der Waals surface area contributed by atoms with Gasteiger partial charge in [-0.1, -0.05) is 5.21 Å². The van der Waals surface area contributed by atoms with Crippen molar-refractivity contribution >= 4 is 5.91 Å². The second-order valence-electron chi connectivity index (χ2n) is 4.94. The molecule has 0 aliphatic carbocycles. The minimum atomic E-state index is -0.322. The summed E-state index contributed by atoms with van der Waals surface area (Å²) in [6.45, 7) is 4.33. The fraction of sp³-hybridized carbons (Fsp3) is 0.769. The van der Waals surface area contributed by atoms with Gasteiger partial charge in [0.05, 0.1) is 12.4 Å². The number of hydrogen-bond acceptors (Lipinski definition) is 3. The van der Waals surface area contributed by atoms with E-state index in [9.17, 15) is 9.18 Å². The standard InChI is InChI=1S/C13H23FN4O/c1-11(2)15-13(19)7-3-4-9-18-10-12(16-17-18)6-5-8-14/h10-11H,3-9H2,1-2H3,(H,15,19)/i14-1. The quantitative estimate of drug-likeness (QED) is 0.696. The fourth-order valence-corrected chi connectivity index (χ4v) is 1.76. The van der Waals surface area contributed by atoms with Gasteiger partial charge in [0.15, 0.2) is 0 Å². The van der Waals surface area contributed by atoms with Crippen LogP contribution in [0.3, 0.4) is 0 Å². The maximum absolute atomic E-state index is 12.0. The van der Waals surface area contributed by atoms with Crippen LogP contribution >= 0.6 is 0 Å². The number of hydrogen-bond donors (Lipinski definition) is 1. The fourth-order valence-electron chi connectivity index (χ4n) is 1.76. The zero-order chi connectivity index (χ0) is 14.1. The molecule has 1 aromatic rings. The third-order valence-electron chi connectivity index (χ3n) is 2.64. The van der Waals surface area contributed by atoms with Gasteiger partial charge < -0.3 is 5.32 Å². The molecule has 0 spiro atoms. The molecular weight excluding hydrogens is 246 g/mol. The summed E-state index contributed by atoms with van der Waals surface area (Å²) in [6, 6.07) is 0.195. The summed E-state index contributed by atoms with van der Waals surface area (Å²) in [5.41, 5.74) is 0.829. The van der Waals surface area contributed by atoms with Gasteiger partial charge in [-0.3, -0.25) is 13.9 Å². The van der Waals surface area contributed by atoms with Crippen LogP contribution < -0.4 is 5.32 Å². The highest BCUT2D eigenvalue weighted by molar-refractivity contribution is 5.76. The van der Waals surface area contributed by atoms with Crippen molar-refractivity contribution in [2.24, 2.45) is 0 Å². The van der Waals surface area contributed by atoms with E-state index >= 15 is 0 Å². The monoisotopic (exact) mass is 269 g/mol. The first-order valence-corrected chi connectivity index (χ1v) is 6.86. The molecule has 0 saturated carbocycles. The van der Waals surface area contributed by atoms with E-state index in [-0.39, 0.29) is 18.6 Å². The van der Waals surface area contributed by atoms with Crippen LogP contribution in [-0.4, -0.2) is 33.6 Å². The summed E-state index contributed by atoms with van der Waals surface area (Å²) in [5, 5.41) is 10.8. The Morgan fingerprint density at radius 3 is 2.89 bits per heavy atom. The lowest BCUT2D eigenvalue weighted by Crippen LogP contribution is -2.29. The van der Waals surface area contributed by atoms with Crippen molar-refractivity contribution in [3.63, 3.8) is 0 Å². The molecular formula is C13H23FN4O. The minimum Gasteiger partial charge on any atom is -0.354 e. The van der Waals surface area contributed by atoms with E-state index < -0.39 is 0 Å². The van der Waals surface area contributed by atoms with Gasteiger partial charge in [-0.2, -0.15) is 0 Å². The molecule has 19 heavy (non-hydrogen) atoms. The van der Waals surface area contributed by atoms with Crippen molar-refractivity contribution in [2.45, 2.75) is 58.5 Å². The molecule has 0 unspecified atom stereocenters. The number of alkyl halides is 1. The third kappa shape index (κ3) is 6.88. The van der Waals surface area contributed by atoms with Crippen LogP contribution in [0.4, 0.5) is 4.39 Å². The second-order valence-corrected chi connectivity index (χ2v) is 4.94. The normalized spacial score (nSPS) is 10.9. The van der Waals surface area contributed by atoms with Crippen molar-refractivity contribution in [3.05, 3.63) is 11.9 Å². The number of carbonyl (C=O) groups excluding carboxylic acids is 1. The van der Waals surface area contributed by atoms with Crippen molar-refractivity contribution < 1.29 is 9.18 Å². The van der Waals surface area contributed by atoms with E-state index in [1.807, 2.05) is 20.0 Å². The predicted octanol–water partition coefficient (Wildman–Crippen LogP) is 1.88. The number of aryl methyl sites for hydroxylation is 2. The number of carbonyl (C=O) groups is 1. The van der Waals surface area contributed by atoms with Gasteiger partial charge in [0, 0.05) is 25.2 Å². The molecule has 6 heteroatoms. The van der Waals surface area contributed by atoms with Gasteiger partial charge in [0.1, 0.15) is 0 Å². The Morgan fingerprint density at radius 1 is 1.42 bits per heavy atom.